The fourth-order valence-electron chi connectivity index (χ4n) is 2.01. The van der Waals surface area contributed by atoms with Gasteiger partial charge in [0.25, 0.3) is 0 Å². The summed E-state index contributed by atoms with van der Waals surface area (Å²) in [5, 5.41) is 7.25. The van der Waals surface area contributed by atoms with Crippen LogP contribution in [0.5, 0.6) is 0 Å². The molecule has 0 aromatic carbocycles. The Bertz CT molecular complexity index is 381. The van der Waals surface area contributed by atoms with Gasteiger partial charge in [0, 0.05) is 18.0 Å². The summed E-state index contributed by atoms with van der Waals surface area (Å²) in [6.07, 6.45) is 0.926. The predicted octanol–water partition coefficient (Wildman–Crippen LogP) is 1.47. The first-order chi connectivity index (χ1) is 7.13. The summed E-state index contributed by atoms with van der Waals surface area (Å²) in [4.78, 5) is 13.7. The van der Waals surface area contributed by atoms with Gasteiger partial charge in [0.1, 0.15) is 0 Å². The van der Waals surface area contributed by atoms with Crippen LogP contribution in [-0.4, -0.2) is 21.0 Å². The minimum Gasteiger partial charge on any atom is -0.332 e. The Morgan fingerprint density at radius 2 is 2.27 bits per heavy atom. The van der Waals surface area contributed by atoms with Crippen LogP contribution in [0, 0.1) is 5.92 Å². The Labute approximate surface area is 89.7 Å². The van der Waals surface area contributed by atoms with Gasteiger partial charge in [0.2, 0.25) is 5.91 Å². The minimum atomic E-state index is 0.0760. The molecule has 82 valence electrons. The standard InChI is InChI=1S/C11H17N3O/c1-4-9-8-5-14(11(15)7(2)3)6-10(8)13-12-9/h7H,4-6H2,1-3H3,(H,12,13). The summed E-state index contributed by atoms with van der Waals surface area (Å²) in [6.45, 7) is 7.39. The van der Waals surface area contributed by atoms with E-state index in [0.717, 1.165) is 24.4 Å². The monoisotopic (exact) mass is 207 g/mol. The zero-order chi connectivity index (χ0) is 11.0. The Morgan fingerprint density at radius 1 is 1.53 bits per heavy atom. The van der Waals surface area contributed by atoms with Gasteiger partial charge in [0.15, 0.2) is 0 Å². The van der Waals surface area contributed by atoms with Crippen molar-refractivity contribution in [1.82, 2.24) is 15.1 Å². The predicted molar refractivity (Wildman–Crippen MR) is 57.1 cm³/mol. The van der Waals surface area contributed by atoms with Crippen LogP contribution in [0.3, 0.4) is 0 Å². The molecule has 2 heterocycles. The number of aryl methyl sites for hydroxylation is 1. The molecule has 1 aliphatic heterocycles. The van der Waals surface area contributed by atoms with Crippen LogP contribution >= 0.6 is 0 Å². The molecule has 0 bridgehead atoms. The molecule has 0 aliphatic carbocycles. The van der Waals surface area contributed by atoms with Crippen LogP contribution in [-0.2, 0) is 24.3 Å². The van der Waals surface area contributed by atoms with E-state index >= 15 is 0 Å². The Balaban J connectivity index is 2.16. The Morgan fingerprint density at radius 3 is 2.87 bits per heavy atom. The first kappa shape index (κ1) is 10.2. The van der Waals surface area contributed by atoms with Crippen LogP contribution in [0.25, 0.3) is 0 Å². The highest BCUT2D eigenvalue weighted by atomic mass is 16.2. The average Bonchev–Trinajstić information content (AvgIpc) is 2.74. The van der Waals surface area contributed by atoms with Gasteiger partial charge in [-0.25, -0.2) is 0 Å². The van der Waals surface area contributed by atoms with Crippen LogP contribution in [0.15, 0.2) is 0 Å². The lowest BCUT2D eigenvalue weighted by Gasteiger charge is -2.17. The highest BCUT2D eigenvalue weighted by Crippen LogP contribution is 2.25. The van der Waals surface area contributed by atoms with Gasteiger partial charge in [-0.2, -0.15) is 5.10 Å². The van der Waals surface area contributed by atoms with Crippen molar-refractivity contribution in [3.8, 4) is 0 Å². The van der Waals surface area contributed by atoms with Crippen molar-refractivity contribution in [3.05, 3.63) is 17.0 Å². The van der Waals surface area contributed by atoms with Gasteiger partial charge in [-0.05, 0) is 6.42 Å². The van der Waals surface area contributed by atoms with Crippen molar-refractivity contribution in [3.63, 3.8) is 0 Å². The summed E-state index contributed by atoms with van der Waals surface area (Å²) in [5.74, 6) is 0.300. The van der Waals surface area contributed by atoms with E-state index in [1.165, 1.54) is 5.56 Å². The third-order valence-corrected chi connectivity index (χ3v) is 2.88. The summed E-state index contributed by atoms with van der Waals surface area (Å²) in [5.41, 5.74) is 3.44. The van der Waals surface area contributed by atoms with Gasteiger partial charge in [-0.3, -0.25) is 9.89 Å². The zero-order valence-corrected chi connectivity index (χ0v) is 9.50. The number of nitrogens with one attached hydrogen (secondary N) is 1. The molecule has 0 fully saturated rings. The van der Waals surface area contributed by atoms with E-state index in [4.69, 9.17) is 0 Å². The van der Waals surface area contributed by atoms with Gasteiger partial charge >= 0.3 is 0 Å². The molecule has 4 heteroatoms. The molecular formula is C11H17N3O. The number of amides is 1. The number of carbonyl (C=O) groups is 1. The smallest absolute Gasteiger partial charge is 0.225 e. The van der Waals surface area contributed by atoms with Crippen molar-refractivity contribution in [2.24, 2.45) is 5.92 Å². The van der Waals surface area contributed by atoms with E-state index in [9.17, 15) is 4.79 Å². The summed E-state index contributed by atoms with van der Waals surface area (Å²) < 4.78 is 0. The number of nitrogens with zero attached hydrogens (tertiary/aromatic N) is 2. The second-order valence-electron chi connectivity index (χ2n) is 4.33. The largest absolute Gasteiger partial charge is 0.332 e. The van der Waals surface area contributed by atoms with E-state index < -0.39 is 0 Å². The quantitative estimate of drug-likeness (QED) is 0.798. The SMILES string of the molecule is CCc1n[nH]c2c1CN(C(=O)C(C)C)C2. The van der Waals surface area contributed by atoms with Crippen molar-refractivity contribution in [2.45, 2.75) is 40.3 Å². The second kappa shape index (κ2) is 3.68. The van der Waals surface area contributed by atoms with Crippen molar-refractivity contribution in [1.29, 1.82) is 0 Å². The molecule has 1 N–H and O–H groups in total. The molecule has 0 unspecified atom stereocenters. The molecule has 1 amide bonds. The molecule has 15 heavy (non-hydrogen) atoms. The minimum absolute atomic E-state index is 0.0760. The summed E-state index contributed by atoms with van der Waals surface area (Å²) in [7, 11) is 0. The maximum atomic E-state index is 11.8. The topological polar surface area (TPSA) is 49.0 Å². The van der Waals surface area contributed by atoms with Gasteiger partial charge < -0.3 is 4.90 Å². The molecule has 1 aromatic heterocycles. The lowest BCUT2D eigenvalue weighted by Crippen LogP contribution is -2.29. The zero-order valence-electron chi connectivity index (χ0n) is 9.50. The molecule has 1 aromatic rings. The number of hydrogen-bond donors (Lipinski definition) is 1. The fourth-order valence-corrected chi connectivity index (χ4v) is 2.01. The van der Waals surface area contributed by atoms with Crippen molar-refractivity contribution >= 4 is 5.91 Å². The number of aromatic nitrogens is 2. The van der Waals surface area contributed by atoms with E-state index in [2.05, 4.69) is 17.1 Å². The summed E-state index contributed by atoms with van der Waals surface area (Å²) >= 11 is 0. The lowest BCUT2D eigenvalue weighted by atomic mass is 10.2. The third kappa shape index (κ3) is 1.64. The Hall–Kier alpha value is -1.32. The van der Waals surface area contributed by atoms with E-state index in [0.29, 0.717) is 6.54 Å². The molecule has 1 aliphatic rings. The molecule has 0 saturated heterocycles. The average molecular weight is 207 g/mol. The van der Waals surface area contributed by atoms with Crippen LogP contribution in [0.1, 0.15) is 37.7 Å². The van der Waals surface area contributed by atoms with Crippen LogP contribution in [0.4, 0.5) is 0 Å². The highest BCUT2D eigenvalue weighted by molar-refractivity contribution is 5.78. The number of aromatic amines is 1. The molecule has 0 atom stereocenters. The highest BCUT2D eigenvalue weighted by Gasteiger charge is 2.28. The number of H-pyrrole nitrogens is 1. The molecular weight excluding hydrogens is 190 g/mol. The normalized spacial score (nSPS) is 14.8. The van der Waals surface area contributed by atoms with Crippen LogP contribution in [0.2, 0.25) is 0 Å². The number of hydrogen-bond acceptors (Lipinski definition) is 2. The van der Waals surface area contributed by atoms with Gasteiger partial charge in [-0.1, -0.05) is 20.8 Å². The summed E-state index contributed by atoms with van der Waals surface area (Å²) in [6, 6.07) is 0. The maximum Gasteiger partial charge on any atom is 0.225 e. The van der Waals surface area contributed by atoms with E-state index in [1.807, 2.05) is 18.7 Å². The lowest BCUT2D eigenvalue weighted by molar-refractivity contribution is -0.135. The van der Waals surface area contributed by atoms with E-state index in [1.54, 1.807) is 0 Å². The van der Waals surface area contributed by atoms with Crippen molar-refractivity contribution in [2.75, 3.05) is 0 Å². The maximum absolute atomic E-state index is 11.8. The number of rotatable bonds is 2. The third-order valence-electron chi connectivity index (χ3n) is 2.88. The first-order valence-electron chi connectivity index (χ1n) is 5.47. The fraction of sp³-hybridized carbons (Fsp3) is 0.636. The van der Waals surface area contributed by atoms with Crippen LogP contribution < -0.4 is 0 Å². The first-order valence-corrected chi connectivity index (χ1v) is 5.47. The number of fused-ring (bicyclic) bond motifs is 1. The molecule has 4 nitrogen and oxygen atoms in total. The van der Waals surface area contributed by atoms with Crippen molar-refractivity contribution < 1.29 is 4.79 Å². The molecule has 0 spiro atoms. The molecule has 0 saturated carbocycles. The molecule has 2 rings (SSSR count). The second-order valence-corrected chi connectivity index (χ2v) is 4.33. The van der Waals surface area contributed by atoms with Gasteiger partial charge in [-0.15, -0.1) is 0 Å². The Kier molecular flexibility index (Phi) is 2.50. The number of carbonyl (C=O) groups excluding carboxylic acids is 1. The van der Waals surface area contributed by atoms with Gasteiger partial charge in [0.05, 0.1) is 17.9 Å². The molecule has 0 radical (unpaired) electrons. The van der Waals surface area contributed by atoms with E-state index in [-0.39, 0.29) is 11.8 Å².